The Morgan fingerprint density at radius 3 is 2.17 bits per heavy atom. The number of carbonyl (C=O) groups excluding carboxylic acids is 2. The third kappa shape index (κ3) is 4.70. The number of hydrogen-bond acceptors (Lipinski definition) is 7. The van der Waals surface area contributed by atoms with E-state index in [4.69, 9.17) is 25.8 Å². The molecule has 0 bridgehead atoms. The second-order valence-corrected chi connectivity index (χ2v) is 8.69. The van der Waals surface area contributed by atoms with Crippen molar-refractivity contribution in [2.24, 2.45) is 0 Å². The van der Waals surface area contributed by atoms with Gasteiger partial charge in [0.1, 0.15) is 6.17 Å². The third-order valence-corrected chi connectivity index (χ3v) is 6.09. The SMILES string of the molecule is COc1cc(C(=O)NN2C(=O)c3cc(Cl)ccc3NC2c2ccc(N(C)C)cc2)cc(OC)c1OC. The lowest BCUT2D eigenvalue weighted by Gasteiger charge is -2.38. The predicted molar refractivity (Wildman–Crippen MR) is 138 cm³/mol. The van der Waals surface area contributed by atoms with E-state index < -0.39 is 18.0 Å². The van der Waals surface area contributed by atoms with Crippen LogP contribution in [-0.4, -0.2) is 52.2 Å². The van der Waals surface area contributed by atoms with E-state index in [0.29, 0.717) is 33.5 Å². The minimum Gasteiger partial charge on any atom is -0.493 e. The fourth-order valence-electron chi connectivity index (χ4n) is 3.97. The minimum absolute atomic E-state index is 0.218. The molecule has 0 saturated carbocycles. The summed E-state index contributed by atoms with van der Waals surface area (Å²) in [4.78, 5) is 28.9. The zero-order valence-electron chi connectivity index (χ0n) is 20.6. The molecule has 188 valence electrons. The van der Waals surface area contributed by atoms with Crippen molar-refractivity contribution in [3.63, 3.8) is 0 Å². The fourth-order valence-corrected chi connectivity index (χ4v) is 4.14. The Balaban J connectivity index is 1.73. The van der Waals surface area contributed by atoms with E-state index in [1.54, 1.807) is 18.2 Å². The summed E-state index contributed by atoms with van der Waals surface area (Å²) in [5.41, 5.74) is 5.70. The molecule has 0 saturated heterocycles. The van der Waals surface area contributed by atoms with Gasteiger partial charge in [0.05, 0.1) is 26.9 Å². The van der Waals surface area contributed by atoms with Crippen LogP contribution in [0, 0.1) is 0 Å². The highest BCUT2D eigenvalue weighted by Crippen LogP contribution is 2.39. The summed E-state index contributed by atoms with van der Waals surface area (Å²) in [7, 11) is 8.30. The van der Waals surface area contributed by atoms with Crippen LogP contribution in [0.2, 0.25) is 5.02 Å². The van der Waals surface area contributed by atoms with Gasteiger partial charge in [0.25, 0.3) is 11.8 Å². The smallest absolute Gasteiger partial charge is 0.276 e. The number of hydrazine groups is 1. The molecule has 36 heavy (non-hydrogen) atoms. The van der Waals surface area contributed by atoms with Crippen LogP contribution in [0.25, 0.3) is 0 Å². The Morgan fingerprint density at radius 1 is 0.972 bits per heavy atom. The molecule has 3 aromatic carbocycles. The van der Waals surface area contributed by atoms with Crippen LogP contribution in [-0.2, 0) is 0 Å². The van der Waals surface area contributed by atoms with Crippen LogP contribution in [0.3, 0.4) is 0 Å². The van der Waals surface area contributed by atoms with Gasteiger partial charge in [-0.1, -0.05) is 23.7 Å². The van der Waals surface area contributed by atoms with Crippen LogP contribution in [0.5, 0.6) is 17.2 Å². The summed E-state index contributed by atoms with van der Waals surface area (Å²) in [6, 6.07) is 15.7. The molecular weight excluding hydrogens is 484 g/mol. The molecule has 0 fully saturated rings. The van der Waals surface area contributed by atoms with Gasteiger partial charge in [0, 0.05) is 36.1 Å². The van der Waals surface area contributed by atoms with Crippen molar-refractivity contribution < 1.29 is 23.8 Å². The van der Waals surface area contributed by atoms with Gasteiger partial charge < -0.3 is 24.4 Å². The van der Waals surface area contributed by atoms with Crippen LogP contribution in [0.15, 0.2) is 54.6 Å². The quantitative estimate of drug-likeness (QED) is 0.488. The van der Waals surface area contributed by atoms with Gasteiger partial charge in [-0.15, -0.1) is 0 Å². The van der Waals surface area contributed by atoms with Crippen LogP contribution < -0.4 is 29.9 Å². The van der Waals surface area contributed by atoms with E-state index in [9.17, 15) is 9.59 Å². The lowest BCUT2D eigenvalue weighted by Crippen LogP contribution is -2.52. The van der Waals surface area contributed by atoms with Gasteiger partial charge in [-0.05, 0) is 48.0 Å². The van der Waals surface area contributed by atoms with Crippen LogP contribution in [0.1, 0.15) is 32.4 Å². The number of hydrogen-bond donors (Lipinski definition) is 2. The highest BCUT2D eigenvalue weighted by atomic mass is 35.5. The molecular formula is C26H27ClN4O5. The van der Waals surface area contributed by atoms with Gasteiger partial charge in [-0.2, -0.15) is 0 Å². The van der Waals surface area contributed by atoms with E-state index >= 15 is 0 Å². The highest BCUT2D eigenvalue weighted by Gasteiger charge is 2.35. The predicted octanol–water partition coefficient (Wildman–Crippen LogP) is 4.34. The molecule has 0 aromatic heterocycles. The van der Waals surface area contributed by atoms with Gasteiger partial charge in [0.15, 0.2) is 11.5 Å². The Kier molecular flexibility index (Phi) is 7.12. The zero-order chi connectivity index (χ0) is 26.0. The Bertz CT molecular complexity index is 1270. The first-order chi connectivity index (χ1) is 17.3. The summed E-state index contributed by atoms with van der Waals surface area (Å²) in [6.45, 7) is 0. The van der Waals surface area contributed by atoms with Crippen molar-refractivity contribution in [1.29, 1.82) is 0 Å². The standard InChI is InChI=1S/C26H27ClN4O5/c1-30(2)18-9-6-15(7-10-18)24-28-20-11-8-17(27)14-19(20)26(33)31(24)29-25(32)16-12-21(34-3)23(36-5)22(13-16)35-4/h6-14,24,28H,1-5H3,(H,29,32). The Morgan fingerprint density at radius 2 is 1.61 bits per heavy atom. The van der Waals surface area contributed by atoms with E-state index in [0.717, 1.165) is 11.3 Å². The molecule has 0 aliphatic carbocycles. The van der Waals surface area contributed by atoms with E-state index in [-0.39, 0.29) is 5.56 Å². The van der Waals surface area contributed by atoms with Gasteiger partial charge >= 0.3 is 0 Å². The van der Waals surface area contributed by atoms with Crippen LogP contribution in [0.4, 0.5) is 11.4 Å². The number of benzene rings is 3. The molecule has 1 atom stereocenters. The largest absolute Gasteiger partial charge is 0.493 e. The Labute approximate surface area is 214 Å². The van der Waals surface area contributed by atoms with Crippen molar-refractivity contribution in [1.82, 2.24) is 10.4 Å². The number of anilines is 2. The number of ether oxygens (including phenoxy) is 3. The average Bonchev–Trinajstić information content (AvgIpc) is 2.89. The second-order valence-electron chi connectivity index (χ2n) is 8.25. The van der Waals surface area contributed by atoms with Crippen molar-refractivity contribution >= 4 is 34.8 Å². The number of nitrogens with zero attached hydrogens (tertiary/aromatic N) is 2. The Hall–Kier alpha value is -4.11. The molecule has 9 nitrogen and oxygen atoms in total. The van der Waals surface area contributed by atoms with Gasteiger partial charge in [0.2, 0.25) is 5.75 Å². The number of amides is 2. The number of nitrogens with one attached hydrogen (secondary N) is 2. The number of carbonyl (C=O) groups is 2. The molecule has 1 heterocycles. The van der Waals surface area contributed by atoms with Gasteiger partial charge in [-0.25, -0.2) is 5.01 Å². The van der Waals surface area contributed by atoms with E-state index in [1.807, 2.05) is 43.3 Å². The maximum atomic E-state index is 13.6. The van der Waals surface area contributed by atoms with Crippen molar-refractivity contribution in [3.8, 4) is 17.2 Å². The van der Waals surface area contributed by atoms with E-state index in [2.05, 4.69) is 10.7 Å². The normalized spacial score (nSPS) is 14.4. The lowest BCUT2D eigenvalue weighted by atomic mass is 10.0. The molecule has 10 heteroatoms. The molecule has 0 spiro atoms. The summed E-state index contributed by atoms with van der Waals surface area (Å²) in [5, 5.41) is 5.01. The minimum atomic E-state index is -0.673. The number of rotatable bonds is 7. The monoisotopic (exact) mass is 510 g/mol. The first-order valence-corrected chi connectivity index (χ1v) is 11.4. The fraction of sp³-hybridized carbons (Fsp3) is 0.231. The van der Waals surface area contributed by atoms with E-state index in [1.165, 1.54) is 38.5 Å². The van der Waals surface area contributed by atoms with Crippen LogP contribution >= 0.6 is 11.6 Å². The summed E-state index contributed by atoms with van der Waals surface area (Å²) >= 11 is 6.16. The summed E-state index contributed by atoms with van der Waals surface area (Å²) in [5.74, 6) is 0.0457. The third-order valence-electron chi connectivity index (χ3n) is 5.86. The summed E-state index contributed by atoms with van der Waals surface area (Å²) in [6.07, 6.45) is -0.673. The first kappa shape index (κ1) is 25.0. The molecule has 1 unspecified atom stereocenters. The summed E-state index contributed by atoms with van der Waals surface area (Å²) < 4.78 is 16.1. The van der Waals surface area contributed by atoms with Crippen molar-refractivity contribution in [2.75, 3.05) is 45.6 Å². The van der Waals surface area contributed by atoms with Gasteiger partial charge in [-0.3, -0.25) is 15.0 Å². The molecule has 0 radical (unpaired) electrons. The molecule has 1 aliphatic heterocycles. The molecule has 1 aliphatic rings. The number of methoxy groups -OCH3 is 3. The molecule has 2 N–H and O–H groups in total. The first-order valence-electron chi connectivity index (χ1n) is 11.0. The average molecular weight is 511 g/mol. The molecule has 2 amide bonds. The molecule has 4 rings (SSSR count). The lowest BCUT2D eigenvalue weighted by molar-refractivity contribution is 0.0490. The topological polar surface area (TPSA) is 92.4 Å². The number of fused-ring (bicyclic) bond motifs is 1. The van der Waals surface area contributed by atoms with Crippen molar-refractivity contribution in [3.05, 3.63) is 76.3 Å². The molecule has 3 aromatic rings. The number of halogens is 1. The van der Waals surface area contributed by atoms with Crippen molar-refractivity contribution in [2.45, 2.75) is 6.17 Å². The highest BCUT2D eigenvalue weighted by molar-refractivity contribution is 6.31. The second kappa shape index (κ2) is 10.2. The maximum Gasteiger partial charge on any atom is 0.276 e. The zero-order valence-corrected chi connectivity index (χ0v) is 21.3. The maximum absolute atomic E-state index is 13.6.